The molecule has 0 saturated carbocycles. The van der Waals surface area contributed by atoms with Gasteiger partial charge in [-0.25, -0.2) is 0 Å². The lowest BCUT2D eigenvalue weighted by Gasteiger charge is -2.20. The van der Waals surface area contributed by atoms with E-state index in [1.165, 1.54) is 18.4 Å². The van der Waals surface area contributed by atoms with Gasteiger partial charge in [-0.1, -0.05) is 18.2 Å². The lowest BCUT2D eigenvalue weighted by atomic mass is 10.1. The predicted octanol–water partition coefficient (Wildman–Crippen LogP) is 3.93. The minimum Gasteiger partial charge on any atom is -0.493 e. The summed E-state index contributed by atoms with van der Waals surface area (Å²) in [6.45, 7) is 10.6. The van der Waals surface area contributed by atoms with E-state index in [2.05, 4.69) is 39.1 Å². The molecule has 0 saturated heterocycles. The zero-order chi connectivity index (χ0) is 13.4. The van der Waals surface area contributed by atoms with Gasteiger partial charge in [0.05, 0.1) is 6.61 Å². The summed E-state index contributed by atoms with van der Waals surface area (Å²) >= 11 is 0. The van der Waals surface area contributed by atoms with Crippen molar-refractivity contribution in [1.29, 1.82) is 0 Å². The summed E-state index contributed by atoms with van der Waals surface area (Å²) in [5.41, 5.74) is 1.45. The average molecular weight is 249 g/mol. The highest BCUT2D eigenvalue weighted by atomic mass is 16.5. The van der Waals surface area contributed by atoms with E-state index < -0.39 is 0 Å². The van der Waals surface area contributed by atoms with Crippen molar-refractivity contribution in [2.75, 3.05) is 13.2 Å². The predicted molar refractivity (Wildman–Crippen MR) is 78.3 cm³/mol. The number of nitrogens with one attached hydrogen (secondary N) is 1. The van der Waals surface area contributed by atoms with Crippen molar-refractivity contribution in [3.63, 3.8) is 0 Å². The van der Waals surface area contributed by atoms with Crippen LogP contribution in [-0.4, -0.2) is 18.7 Å². The zero-order valence-electron chi connectivity index (χ0n) is 12.3. The molecule has 0 aliphatic carbocycles. The minimum atomic E-state index is 0.234. The van der Waals surface area contributed by atoms with Crippen LogP contribution < -0.4 is 10.1 Å². The molecule has 2 nitrogen and oxygen atoms in total. The second-order valence-corrected chi connectivity index (χ2v) is 5.85. The van der Waals surface area contributed by atoms with Crippen LogP contribution in [0.25, 0.3) is 0 Å². The lowest BCUT2D eigenvalue weighted by Crippen LogP contribution is -2.36. The Bertz CT molecular complexity index is 341. The number of unbranched alkanes of at least 4 members (excludes halogenated alkanes) is 2. The highest BCUT2D eigenvalue weighted by Gasteiger charge is 2.06. The standard InChI is InChI=1S/C16H27NO/c1-14-10-6-7-11-15(14)18-13-9-5-8-12-17-16(2,3)4/h6-7,10-11,17H,5,8-9,12-13H2,1-4H3. The fraction of sp³-hybridized carbons (Fsp3) is 0.625. The molecule has 0 heterocycles. The summed E-state index contributed by atoms with van der Waals surface area (Å²) in [6.07, 6.45) is 3.56. The number of rotatable bonds is 7. The third kappa shape index (κ3) is 6.65. The van der Waals surface area contributed by atoms with E-state index in [1.54, 1.807) is 0 Å². The Morgan fingerprint density at radius 1 is 1.06 bits per heavy atom. The van der Waals surface area contributed by atoms with Gasteiger partial charge in [-0.15, -0.1) is 0 Å². The van der Waals surface area contributed by atoms with Gasteiger partial charge in [-0.05, 0) is 65.1 Å². The normalized spacial score (nSPS) is 11.6. The van der Waals surface area contributed by atoms with Crippen molar-refractivity contribution in [2.45, 2.75) is 52.5 Å². The van der Waals surface area contributed by atoms with Crippen molar-refractivity contribution >= 4 is 0 Å². The number of para-hydroxylation sites is 1. The van der Waals surface area contributed by atoms with Crippen molar-refractivity contribution < 1.29 is 4.74 Å². The largest absolute Gasteiger partial charge is 0.493 e. The van der Waals surface area contributed by atoms with Gasteiger partial charge in [-0.3, -0.25) is 0 Å². The first-order valence-electron chi connectivity index (χ1n) is 6.92. The molecule has 0 unspecified atom stereocenters. The molecule has 1 N–H and O–H groups in total. The fourth-order valence-electron chi connectivity index (χ4n) is 1.77. The van der Waals surface area contributed by atoms with Gasteiger partial charge in [-0.2, -0.15) is 0 Å². The van der Waals surface area contributed by atoms with E-state index in [-0.39, 0.29) is 5.54 Å². The second-order valence-electron chi connectivity index (χ2n) is 5.85. The summed E-state index contributed by atoms with van der Waals surface area (Å²) in [5.74, 6) is 1.02. The van der Waals surface area contributed by atoms with Gasteiger partial charge in [0.25, 0.3) is 0 Å². The van der Waals surface area contributed by atoms with Crippen LogP contribution in [0.5, 0.6) is 5.75 Å². The van der Waals surface area contributed by atoms with Gasteiger partial charge in [0.15, 0.2) is 0 Å². The first-order chi connectivity index (χ1) is 8.49. The monoisotopic (exact) mass is 249 g/mol. The Hall–Kier alpha value is -1.02. The van der Waals surface area contributed by atoms with Crippen LogP contribution in [0.3, 0.4) is 0 Å². The summed E-state index contributed by atoms with van der Waals surface area (Å²) in [4.78, 5) is 0. The maximum Gasteiger partial charge on any atom is 0.122 e. The maximum atomic E-state index is 5.76. The van der Waals surface area contributed by atoms with Crippen LogP contribution >= 0.6 is 0 Å². The van der Waals surface area contributed by atoms with Crippen molar-refractivity contribution in [3.05, 3.63) is 29.8 Å². The lowest BCUT2D eigenvalue weighted by molar-refractivity contribution is 0.301. The molecular formula is C16H27NO. The topological polar surface area (TPSA) is 21.3 Å². The Balaban J connectivity index is 2.04. The van der Waals surface area contributed by atoms with Crippen LogP contribution in [0.15, 0.2) is 24.3 Å². The molecule has 18 heavy (non-hydrogen) atoms. The molecule has 1 aromatic rings. The Kier molecular flexibility index (Phi) is 6.20. The second kappa shape index (κ2) is 7.42. The molecule has 102 valence electrons. The van der Waals surface area contributed by atoms with E-state index in [9.17, 15) is 0 Å². The molecule has 0 atom stereocenters. The van der Waals surface area contributed by atoms with E-state index in [0.717, 1.165) is 25.3 Å². The van der Waals surface area contributed by atoms with Crippen LogP contribution in [0.4, 0.5) is 0 Å². The number of benzene rings is 1. The molecule has 0 aliphatic heterocycles. The number of aryl methyl sites for hydroxylation is 1. The minimum absolute atomic E-state index is 0.234. The third-order valence-electron chi connectivity index (χ3n) is 2.83. The molecule has 0 bridgehead atoms. The summed E-state index contributed by atoms with van der Waals surface area (Å²) in [5, 5.41) is 3.50. The summed E-state index contributed by atoms with van der Waals surface area (Å²) < 4.78 is 5.76. The Labute approximate surface area is 112 Å². The molecule has 0 aromatic heterocycles. The molecular weight excluding hydrogens is 222 g/mol. The maximum absolute atomic E-state index is 5.76. The molecule has 0 fully saturated rings. The van der Waals surface area contributed by atoms with Gasteiger partial charge in [0, 0.05) is 5.54 Å². The molecule has 1 aromatic carbocycles. The van der Waals surface area contributed by atoms with Gasteiger partial charge >= 0.3 is 0 Å². The van der Waals surface area contributed by atoms with Crippen molar-refractivity contribution in [1.82, 2.24) is 5.32 Å². The highest BCUT2D eigenvalue weighted by Crippen LogP contribution is 2.16. The third-order valence-corrected chi connectivity index (χ3v) is 2.83. The number of ether oxygens (including phenoxy) is 1. The van der Waals surface area contributed by atoms with E-state index >= 15 is 0 Å². The first kappa shape index (κ1) is 15.0. The van der Waals surface area contributed by atoms with E-state index in [1.807, 2.05) is 18.2 Å². The Morgan fingerprint density at radius 2 is 1.78 bits per heavy atom. The van der Waals surface area contributed by atoms with Crippen molar-refractivity contribution in [3.8, 4) is 5.75 Å². The van der Waals surface area contributed by atoms with E-state index in [0.29, 0.717) is 0 Å². The van der Waals surface area contributed by atoms with Gasteiger partial charge in [0.2, 0.25) is 0 Å². The summed E-state index contributed by atoms with van der Waals surface area (Å²) in [7, 11) is 0. The molecule has 0 spiro atoms. The van der Waals surface area contributed by atoms with Crippen LogP contribution in [0.2, 0.25) is 0 Å². The first-order valence-corrected chi connectivity index (χ1v) is 6.92. The molecule has 1 rings (SSSR count). The van der Waals surface area contributed by atoms with Crippen LogP contribution in [-0.2, 0) is 0 Å². The van der Waals surface area contributed by atoms with Crippen LogP contribution in [0, 0.1) is 6.92 Å². The quantitative estimate of drug-likeness (QED) is 0.739. The van der Waals surface area contributed by atoms with Crippen molar-refractivity contribution in [2.24, 2.45) is 0 Å². The average Bonchev–Trinajstić information content (AvgIpc) is 2.28. The SMILES string of the molecule is Cc1ccccc1OCCCCCNC(C)(C)C. The number of hydrogen-bond acceptors (Lipinski definition) is 2. The Morgan fingerprint density at radius 3 is 2.44 bits per heavy atom. The van der Waals surface area contributed by atoms with Gasteiger partial charge < -0.3 is 10.1 Å². The molecule has 0 radical (unpaired) electrons. The summed E-state index contributed by atoms with van der Waals surface area (Å²) in [6, 6.07) is 8.19. The number of hydrogen-bond donors (Lipinski definition) is 1. The van der Waals surface area contributed by atoms with E-state index in [4.69, 9.17) is 4.74 Å². The van der Waals surface area contributed by atoms with Crippen LogP contribution in [0.1, 0.15) is 45.6 Å². The highest BCUT2D eigenvalue weighted by molar-refractivity contribution is 5.31. The van der Waals surface area contributed by atoms with Gasteiger partial charge in [0.1, 0.15) is 5.75 Å². The molecule has 0 amide bonds. The molecule has 2 heteroatoms. The molecule has 0 aliphatic rings. The zero-order valence-corrected chi connectivity index (χ0v) is 12.3. The fourth-order valence-corrected chi connectivity index (χ4v) is 1.77. The smallest absolute Gasteiger partial charge is 0.122 e.